The minimum atomic E-state index is -0.112. The summed E-state index contributed by atoms with van der Waals surface area (Å²) in [5.41, 5.74) is 1.82. The molecule has 1 heterocycles. The predicted molar refractivity (Wildman–Crippen MR) is 133 cm³/mol. The lowest BCUT2D eigenvalue weighted by molar-refractivity contribution is -0.120. The Labute approximate surface area is 198 Å². The Bertz CT molecular complexity index is 698. The van der Waals surface area contributed by atoms with Crippen LogP contribution in [-0.2, 0) is 16.1 Å². The van der Waals surface area contributed by atoms with E-state index >= 15 is 0 Å². The van der Waals surface area contributed by atoms with Crippen LogP contribution >= 0.6 is 24.0 Å². The predicted octanol–water partition coefficient (Wildman–Crippen LogP) is 4.45. The van der Waals surface area contributed by atoms with Gasteiger partial charge in [0, 0.05) is 31.3 Å². The number of carbonyl (C=O) groups is 1. The topological polar surface area (TPSA) is 74.8 Å². The molecule has 1 unspecified atom stereocenters. The van der Waals surface area contributed by atoms with E-state index in [9.17, 15) is 4.79 Å². The molecule has 3 rings (SSSR count). The van der Waals surface area contributed by atoms with Gasteiger partial charge < -0.3 is 20.7 Å². The quantitative estimate of drug-likeness (QED) is 0.278. The van der Waals surface area contributed by atoms with Gasteiger partial charge in [0.2, 0.25) is 5.91 Å². The van der Waals surface area contributed by atoms with Crippen molar-refractivity contribution < 1.29 is 9.53 Å². The fraction of sp³-hybridized carbons (Fsp3) is 0.652. The molecule has 1 amide bonds. The molecule has 30 heavy (non-hydrogen) atoms. The monoisotopic (exact) mass is 528 g/mol. The molecule has 7 heteroatoms. The summed E-state index contributed by atoms with van der Waals surface area (Å²) in [4.78, 5) is 17.2. The normalized spacial score (nSPS) is 22.3. The van der Waals surface area contributed by atoms with Gasteiger partial charge in [-0.05, 0) is 57.2 Å². The molecule has 0 radical (unpaired) electrons. The third-order valence-electron chi connectivity index (χ3n) is 5.86. The number of amides is 1. The van der Waals surface area contributed by atoms with E-state index in [1.54, 1.807) is 0 Å². The van der Waals surface area contributed by atoms with Gasteiger partial charge in [0.25, 0.3) is 0 Å². The Balaban J connectivity index is 0.00000320. The highest BCUT2D eigenvalue weighted by molar-refractivity contribution is 14.0. The van der Waals surface area contributed by atoms with E-state index in [0.29, 0.717) is 6.54 Å². The molecule has 168 valence electrons. The van der Waals surface area contributed by atoms with Crippen LogP contribution in [0, 0.1) is 5.92 Å². The maximum absolute atomic E-state index is 12.5. The van der Waals surface area contributed by atoms with Crippen LogP contribution in [0.2, 0.25) is 0 Å². The number of benzene rings is 1. The summed E-state index contributed by atoms with van der Waals surface area (Å²) < 4.78 is 5.85. The summed E-state index contributed by atoms with van der Waals surface area (Å²) in [7, 11) is 0. The number of nitrogens with zero attached hydrogens (tertiary/aromatic N) is 1. The second-order valence-electron chi connectivity index (χ2n) is 8.48. The molecule has 0 bridgehead atoms. The van der Waals surface area contributed by atoms with Crippen molar-refractivity contribution in [3.63, 3.8) is 0 Å². The molecule has 1 aromatic carbocycles. The molecule has 0 spiro atoms. The highest BCUT2D eigenvalue weighted by Gasteiger charge is 2.29. The van der Waals surface area contributed by atoms with Crippen LogP contribution in [0.15, 0.2) is 29.3 Å². The zero-order valence-electron chi connectivity index (χ0n) is 18.3. The first-order valence-electron chi connectivity index (χ1n) is 11.1. The highest BCUT2D eigenvalue weighted by atomic mass is 127. The summed E-state index contributed by atoms with van der Waals surface area (Å²) >= 11 is 0. The molecule has 1 aromatic rings. The molecule has 2 fully saturated rings. The summed E-state index contributed by atoms with van der Waals surface area (Å²) in [6.45, 7) is 7.16. The zero-order chi connectivity index (χ0) is 20.5. The largest absolute Gasteiger partial charge is 0.373 e. The summed E-state index contributed by atoms with van der Waals surface area (Å²) in [6, 6.07) is 8.00. The van der Waals surface area contributed by atoms with Crippen molar-refractivity contribution in [1.82, 2.24) is 10.6 Å². The van der Waals surface area contributed by atoms with E-state index in [4.69, 9.17) is 9.73 Å². The van der Waals surface area contributed by atoms with E-state index in [1.807, 2.05) is 24.3 Å². The van der Waals surface area contributed by atoms with Crippen LogP contribution in [0.3, 0.4) is 0 Å². The molecule has 1 aliphatic heterocycles. The van der Waals surface area contributed by atoms with Gasteiger partial charge in [-0.25, -0.2) is 4.99 Å². The van der Waals surface area contributed by atoms with Crippen LogP contribution in [0.4, 0.5) is 5.69 Å². The van der Waals surface area contributed by atoms with Gasteiger partial charge in [0.15, 0.2) is 5.96 Å². The maximum Gasteiger partial charge on any atom is 0.227 e. The van der Waals surface area contributed by atoms with Crippen molar-refractivity contribution in [3.05, 3.63) is 29.8 Å². The minimum absolute atomic E-state index is 0. The Kier molecular flexibility index (Phi) is 10.4. The van der Waals surface area contributed by atoms with Gasteiger partial charge in [-0.3, -0.25) is 4.79 Å². The average molecular weight is 528 g/mol. The number of aliphatic imine (C=N–C) groups is 1. The first-order chi connectivity index (χ1) is 14.1. The van der Waals surface area contributed by atoms with Gasteiger partial charge in [-0.2, -0.15) is 0 Å². The first-order valence-corrected chi connectivity index (χ1v) is 11.1. The zero-order valence-corrected chi connectivity index (χ0v) is 20.7. The Morgan fingerprint density at radius 1 is 1.20 bits per heavy atom. The number of rotatable bonds is 7. The number of hydrogen-bond donors (Lipinski definition) is 3. The van der Waals surface area contributed by atoms with Crippen LogP contribution in [0.25, 0.3) is 0 Å². The van der Waals surface area contributed by atoms with Crippen LogP contribution < -0.4 is 16.0 Å². The van der Waals surface area contributed by atoms with Crippen molar-refractivity contribution in [2.45, 2.75) is 70.9 Å². The lowest BCUT2D eigenvalue weighted by atomic mass is 9.88. The highest BCUT2D eigenvalue weighted by Crippen LogP contribution is 2.25. The van der Waals surface area contributed by atoms with Gasteiger partial charge in [-0.15, -0.1) is 24.0 Å². The number of nitrogens with one attached hydrogen (secondary N) is 3. The summed E-state index contributed by atoms with van der Waals surface area (Å²) in [5, 5.41) is 9.80. The molecular formula is C23H37IN4O2. The second kappa shape index (κ2) is 12.5. The van der Waals surface area contributed by atoms with Crippen molar-refractivity contribution in [2.75, 3.05) is 25.0 Å². The summed E-state index contributed by atoms with van der Waals surface area (Å²) in [6.07, 6.45) is 7.79. The van der Waals surface area contributed by atoms with Gasteiger partial charge >= 0.3 is 0 Å². The van der Waals surface area contributed by atoms with Crippen LogP contribution in [0.1, 0.15) is 64.4 Å². The van der Waals surface area contributed by atoms with E-state index in [0.717, 1.165) is 75.4 Å². The Hall–Kier alpha value is -1.35. The summed E-state index contributed by atoms with van der Waals surface area (Å²) in [5.74, 6) is 1.11. The van der Waals surface area contributed by atoms with Crippen LogP contribution in [0.5, 0.6) is 0 Å². The SMILES string of the molecule is CCNC(=NCc1cccc(NC(=O)C2CCCCC2)c1)NCC1(C)CCCO1.I. The van der Waals surface area contributed by atoms with Gasteiger partial charge in [0.1, 0.15) is 0 Å². The lowest BCUT2D eigenvalue weighted by Crippen LogP contribution is -2.45. The standard InChI is InChI=1S/C23H36N4O2.HI/c1-3-24-22(26-17-23(2)13-8-14-29-23)25-16-18-9-7-12-20(15-18)27-21(28)19-10-5-4-6-11-19;/h7,9,12,15,19H,3-6,8,10-11,13-14,16-17H2,1-2H3,(H,27,28)(H2,24,25,26);1H. The molecule has 2 aliphatic rings. The molecule has 1 aliphatic carbocycles. The molecule has 0 aromatic heterocycles. The number of halogens is 1. The molecule has 1 saturated heterocycles. The lowest BCUT2D eigenvalue weighted by Gasteiger charge is -2.24. The van der Waals surface area contributed by atoms with Gasteiger partial charge in [0.05, 0.1) is 12.1 Å². The van der Waals surface area contributed by atoms with E-state index in [2.05, 4.69) is 29.8 Å². The number of hydrogen-bond acceptors (Lipinski definition) is 3. The van der Waals surface area contributed by atoms with Crippen molar-refractivity contribution >= 4 is 41.5 Å². The molecular weight excluding hydrogens is 491 g/mol. The Morgan fingerprint density at radius 3 is 2.70 bits per heavy atom. The van der Waals surface area contributed by atoms with Crippen molar-refractivity contribution in [1.29, 1.82) is 0 Å². The van der Waals surface area contributed by atoms with E-state index < -0.39 is 0 Å². The molecule has 3 N–H and O–H groups in total. The fourth-order valence-electron chi connectivity index (χ4n) is 4.12. The fourth-order valence-corrected chi connectivity index (χ4v) is 4.12. The smallest absolute Gasteiger partial charge is 0.227 e. The van der Waals surface area contributed by atoms with Crippen molar-refractivity contribution in [3.8, 4) is 0 Å². The average Bonchev–Trinajstić information content (AvgIpc) is 3.18. The number of anilines is 1. The van der Waals surface area contributed by atoms with Gasteiger partial charge in [-0.1, -0.05) is 31.4 Å². The molecule has 1 saturated carbocycles. The second-order valence-corrected chi connectivity index (χ2v) is 8.48. The van der Waals surface area contributed by atoms with Crippen LogP contribution in [-0.4, -0.2) is 37.2 Å². The number of ether oxygens (including phenoxy) is 1. The number of guanidine groups is 1. The first kappa shape index (κ1) is 24.9. The van der Waals surface area contributed by atoms with E-state index in [1.165, 1.54) is 6.42 Å². The Morgan fingerprint density at radius 2 is 2.00 bits per heavy atom. The van der Waals surface area contributed by atoms with Crippen molar-refractivity contribution in [2.24, 2.45) is 10.9 Å². The molecule has 6 nitrogen and oxygen atoms in total. The third kappa shape index (κ3) is 7.72. The number of carbonyl (C=O) groups excluding carboxylic acids is 1. The minimum Gasteiger partial charge on any atom is -0.373 e. The maximum atomic E-state index is 12.5. The van der Waals surface area contributed by atoms with E-state index in [-0.39, 0.29) is 41.4 Å². The third-order valence-corrected chi connectivity index (χ3v) is 5.86. The molecule has 1 atom stereocenters.